The van der Waals surface area contributed by atoms with E-state index in [1.54, 1.807) is 18.5 Å². The van der Waals surface area contributed by atoms with E-state index in [0.29, 0.717) is 54.7 Å². The standard InChI is InChI=1S/C25H21F3N6O3/c1-34-18(10-21(33-34)25(26,27)28)17-11-30-23(31-17)14-8-13-9-15(2-4-19(13)36-12-14)37-20-6-7-29-24-16(20)3-5-22(35)32-24/h2,4,6-7,9-11,14H,3,5,8,12H2,1H3,(H,30,31)(H,29,32,35)/t14-/m0/s1. The number of aromatic nitrogens is 5. The lowest BCUT2D eigenvalue weighted by atomic mass is 9.96. The molecule has 2 N–H and O–H groups in total. The minimum absolute atomic E-state index is 0.0700. The fourth-order valence-corrected chi connectivity index (χ4v) is 4.61. The van der Waals surface area contributed by atoms with Gasteiger partial charge in [-0.3, -0.25) is 9.48 Å². The molecule has 190 valence electrons. The molecule has 2 aliphatic heterocycles. The van der Waals surface area contributed by atoms with E-state index in [9.17, 15) is 18.0 Å². The first kappa shape index (κ1) is 23.1. The van der Waals surface area contributed by atoms with Crippen LogP contribution in [0.3, 0.4) is 0 Å². The van der Waals surface area contributed by atoms with Gasteiger partial charge in [0.15, 0.2) is 5.69 Å². The van der Waals surface area contributed by atoms with Crippen molar-refractivity contribution in [1.29, 1.82) is 0 Å². The Morgan fingerprint density at radius 3 is 2.86 bits per heavy atom. The number of carbonyl (C=O) groups excluding carboxylic acids is 1. The smallest absolute Gasteiger partial charge is 0.435 e. The van der Waals surface area contributed by atoms with Gasteiger partial charge in [0.2, 0.25) is 5.91 Å². The molecule has 3 aromatic heterocycles. The molecule has 37 heavy (non-hydrogen) atoms. The van der Waals surface area contributed by atoms with Gasteiger partial charge < -0.3 is 19.8 Å². The summed E-state index contributed by atoms with van der Waals surface area (Å²) >= 11 is 0. The number of rotatable bonds is 4. The van der Waals surface area contributed by atoms with Crippen molar-refractivity contribution < 1.29 is 27.4 Å². The van der Waals surface area contributed by atoms with E-state index in [-0.39, 0.29) is 17.5 Å². The number of pyridine rings is 1. The highest BCUT2D eigenvalue weighted by Gasteiger charge is 2.35. The van der Waals surface area contributed by atoms with Gasteiger partial charge in [0.05, 0.1) is 18.2 Å². The van der Waals surface area contributed by atoms with Crippen LogP contribution in [0.4, 0.5) is 19.0 Å². The maximum atomic E-state index is 13.1. The highest BCUT2D eigenvalue weighted by atomic mass is 19.4. The molecule has 12 heteroatoms. The van der Waals surface area contributed by atoms with E-state index in [0.717, 1.165) is 22.9 Å². The zero-order chi connectivity index (χ0) is 25.7. The highest BCUT2D eigenvalue weighted by molar-refractivity contribution is 5.93. The average Bonchev–Trinajstić information content (AvgIpc) is 3.50. The SMILES string of the molecule is Cn1nc(C(F)(F)F)cc1-c1c[nH]c([C@@H]2COc3ccc(Oc4ccnc5c4CCC(=O)N5)cc3C2)n1. The van der Waals surface area contributed by atoms with Crippen molar-refractivity contribution in [3.05, 3.63) is 65.4 Å². The lowest BCUT2D eigenvalue weighted by Gasteiger charge is -2.25. The number of carbonyl (C=O) groups is 1. The third kappa shape index (κ3) is 4.39. The molecule has 0 saturated heterocycles. The molecule has 9 nitrogen and oxygen atoms in total. The number of ether oxygens (including phenoxy) is 2. The van der Waals surface area contributed by atoms with Crippen molar-refractivity contribution in [3.63, 3.8) is 0 Å². The van der Waals surface area contributed by atoms with Gasteiger partial charge in [0.25, 0.3) is 0 Å². The number of aromatic amines is 1. The number of halogens is 3. The average molecular weight is 510 g/mol. The first-order valence-electron chi connectivity index (χ1n) is 11.6. The van der Waals surface area contributed by atoms with Crippen LogP contribution >= 0.6 is 0 Å². The van der Waals surface area contributed by atoms with E-state index in [1.165, 1.54) is 11.7 Å². The Kier molecular flexibility index (Phi) is 5.39. The number of anilines is 1. The first-order valence-corrected chi connectivity index (χ1v) is 11.6. The Morgan fingerprint density at radius 2 is 2.05 bits per heavy atom. The van der Waals surface area contributed by atoms with E-state index in [1.807, 2.05) is 18.2 Å². The monoisotopic (exact) mass is 510 g/mol. The molecule has 5 heterocycles. The van der Waals surface area contributed by atoms with E-state index in [2.05, 4.69) is 25.4 Å². The number of imidazole rings is 1. The van der Waals surface area contributed by atoms with Gasteiger partial charge in [-0.1, -0.05) is 0 Å². The summed E-state index contributed by atoms with van der Waals surface area (Å²) in [5.41, 5.74) is 1.44. The van der Waals surface area contributed by atoms with Crippen LogP contribution in [0.2, 0.25) is 0 Å². The lowest BCUT2D eigenvalue weighted by Crippen LogP contribution is -2.20. The van der Waals surface area contributed by atoms with Crippen molar-refractivity contribution >= 4 is 11.7 Å². The van der Waals surface area contributed by atoms with Crippen LogP contribution in [-0.2, 0) is 30.9 Å². The van der Waals surface area contributed by atoms with Crippen LogP contribution in [0.1, 0.15) is 35.0 Å². The zero-order valence-corrected chi connectivity index (χ0v) is 19.6. The van der Waals surface area contributed by atoms with Gasteiger partial charge in [-0.25, -0.2) is 9.97 Å². The maximum absolute atomic E-state index is 13.1. The number of amides is 1. The summed E-state index contributed by atoms with van der Waals surface area (Å²) in [5, 5.41) is 6.32. The number of hydrogen-bond acceptors (Lipinski definition) is 6. The number of aryl methyl sites for hydroxylation is 1. The molecule has 0 radical (unpaired) electrons. The van der Waals surface area contributed by atoms with Gasteiger partial charge in [-0.15, -0.1) is 0 Å². The second kappa shape index (κ2) is 8.64. The molecule has 0 fully saturated rings. The third-order valence-corrected chi connectivity index (χ3v) is 6.46. The predicted octanol–water partition coefficient (Wildman–Crippen LogP) is 4.62. The van der Waals surface area contributed by atoms with Gasteiger partial charge in [0, 0.05) is 31.4 Å². The molecule has 0 unspecified atom stereocenters. The molecule has 2 aliphatic rings. The lowest BCUT2D eigenvalue weighted by molar-refractivity contribution is -0.141. The van der Waals surface area contributed by atoms with Crippen LogP contribution in [0, 0.1) is 0 Å². The van der Waals surface area contributed by atoms with Crippen LogP contribution in [0.25, 0.3) is 11.4 Å². The summed E-state index contributed by atoms with van der Waals surface area (Å²) in [6.45, 7) is 0.372. The Hall–Kier alpha value is -4.35. The quantitative estimate of drug-likeness (QED) is 0.415. The number of alkyl halides is 3. The van der Waals surface area contributed by atoms with Gasteiger partial charge >= 0.3 is 6.18 Å². The molecule has 1 atom stereocenters. The largest absolute Gasteiger partial charge is 0.493 e. The minimum Gasteiger partial charge on any atom is -0.493 e. The summed E-state index contributed by atoms with van der Waals surface area (Å²) < 4.78 is 52.4. The van der Waals surface area contributed by atoms with Gasteiger partial charge in [0.1, 0.15) is 34.6 Å². The van der Waals surface area contributed by atoms with Crippen LogP contribution in [0.5, 0.6) is 17.2 Å². The summed E-state index contributed by atoms with van der Waals surface area (Å²) in [5.74, 6) is 2.91. The Bertz CT molecular complexity index is 1510. The minimum atomic E-state index is -4.53. The summed E-state index contributed by atoms with van der Waals surface area (Å²) in [6.07, 6.45) is 0.153. The number of hydrogen-bond donors (Lipinski definition) is 2. The van der Waals surface area contributed by atoms with Gasteiger partial charge in [-0.2, -0.15) is 18.3 Å². The second-order valence-electron chi connectivity index (χ2n) is 8.98. The fraction of sp³-hybridized carbons (Fsp3) is 0.280. The van der Waals surface area contributed by atoms with Crippen molar-refractivity contribution in [2.45, 2.75) is 31.4 Å². The van der Waals surface area contributed by atoms with Crippen molar-refractivity contribution in [1.82, 2.24) is 24.7 Å². The molecule has 6 rings (SSSR count). The number of fused-ring (bicyclic) bond motifs is 2. The van der Waals surface area contributed by atoms with E-state index in [4.69, 9.17) is 9.47 Å². The topological polar surface area (TPSA) is 107 Å². The second-order valence-corrected chi connectivity index (χ2v) is 8.98. The molecule has 1 aromatic carbocycles. The number of nitrogens with zero attached hydrogens (tertiary/aromatic N) is 4. The fourth-order valence-electron chi connectivity index (χ4n) is 4.61. The third-order valence-electron chi connectivity index (χ3n) is 6.46. The van der Waals surface area contributed by atoms with Crippen LogP contribution < -0.4 is 14.8 Å². The molecular weight excluding hydrogens is 489 g/mol. The van der Waals surface area contributed by atoms with Crippen molar-refractivity contribution in [2.24, 2.45) is 7.05 Å². The van der Waals surface area contributed by atoms with Crippen molar-refractivity contribution in [3.8, 4) is 28.6 Å². The first-order chi connectivity index (χ1) is 17.7. The highest BCUT2D eigenvalue weighted by Crippen LogP contribution is 2.38. The Morgan fingerprint density at radius 1 is 1.19 bits per heavy atom. The molecular formula is C25H21F3N6O3. The molecule has 0 aliphatic carbocycles. The van der Waals surface area contributed by atoms with Crippen LogP contribution in [-0.4, -0.2) is 37.2 Å². The normalized spacial score (nSPS) is 17.0. The van der Waals surface area contributed by atoms with E-state index >= 15 is 0 Å². The molecule has 1 amide bonds. The summed E-state index contributed by atoms with van der Waals surface area (Å²) in [7, 11) is 1.45. The predicted molar refractivity (Wildman–Crippen MR) is 125 cm³/mol. The molecule has 0 saturated carbocycles. The zero-order valence-electron chi connectivity index (χ0n) is 19.6. The molecule has 4 aromatic rings. The Labute approximate surface area is 208 Å². The number of nitrogens with one attached hydrogen (secondary N) is 2. The number of benzene rings is 1. The Balaban J connectivity index is 1.22. The van der Waals surface area contributed by atoms with Gasteiger partial charge in [-0.05, 0) is 48.7 Å². The summed E-state index contributed by atoms with van der Waals surface area (Å²) in [4.78, 5) is 23.5. The molecule has 0 bridgehead atoms. The van der Waals surface area contributed by atoms with Crippen LogP contribution in [0.15, 0.2) is 42.7 Å². The molecule has 0 spiro atoms. The number of H-pyrrole nitrogens is 1. The summed E-state index contributed by atoms with van der Waals surface area (Å²) in [6, 6.07) is 8.31. The maximum Gasteiger partial charge on any atom is 0.435 e. The van der Waals surface area contributed by atoms with E-state index < -0.39 is 11.9 Å². The van der Waals surface area contributed by atoms with Crippen molar-refractivity contribution in [2.75, 3.05) is 11.9 Å².